The van der Waals surface area contributed by atoms with Crippen LogP contribution in [0.15, 0.2) is 67.3 Å². The van der Waals surface area contributed by atoms with E-state index >= 15 is 0 Å². The minimum Gasteiger partial charge on any atom is -0.311 e. The highest BCUT2D eigenvalue weighted by molar-refractivity contribution is 7.81. The number of benzene rings is 1. The topological polar surface area (TPSA) is 18.5 Å². The van der Waals surface area contributed by atoms with Crippen molar-refractivity contribution in [1.82, 2.24) is 10.4 Å². The summed E-state index contributed by atoms with van der Waals surface area (Å²) in [5.74, 6) is 0. The molecule has 0 saturated carbocycles. The first-order valence-electron chi connectivity index (χ1n) is 11.0. The lowest BCUT2D eigenvalue weighted by atomic mass is 10.0. The van der Waals surface area contributed by atoms with E-state index in [1.807, 2.05) is 24.2 Å². The molecule has 2 aliphatic rings. The van der Waals surface area contributed by atoms with Crippen molar-refractivity contribution in [1.29, 1.82) is 0 Å². The summed E-state index contributed by atoms with van der Waals surface area (Å²) in [5, 5.41) is 2.02. The van der Waals surface area contributed by atoms with Crippen LogP contribution >= 0.6 is 12.8 Å². The summed E-state index contributed by atoms with van der Waals surface area (Å²) >= 11 is 4.87. The van der Waals surface area contributed by atoms with Gasteiger partial charge in [-0.05, 0) is 61.8 Å². The highest BCUT2D eigenvalue weighted by atomic mass is 32.1. The lowest BCUT2D eigenvalue weighted by molar-refractivity contribution is 0.341. The summed E-state index contributed by atoms with van der Waals surface area (Å²) in [5.41, 5.74) is 10.7. The van der Waals surface area contributed by atoms with Gasteiger partial charge in [0.15, 0.2) is 0 Å². The molecule has 1 N–H and O–H groups in total. The third-order valence-electron chi connectivity index (χ3n) is 6.11. The standard InChI is InChI=1S/C26H35N3S/c1-5-7-8-9-10-18-27-28(4)20(3)24-16-15-23(19-21(24)6-2)29(30)26-17-14-22-12-11-13-25(22)26/h5-6,11,13,15-16,19,26-27,30H,1-3,7-10,12,14,17-18H2,4H3. The van der Waals surface area contributed by atoms with E-state index in [2.05, 4.69) is 59.8 Å². The predicted octanol–water partition coefficient (Wildman–Crippen LogP) is 6.55. The zero-order valence-corrected chi connectivity index (χ0v) is 19.1. The summed E-state index contributed by atoms with van der Waals surface area (Å²) in [4.78, 5) is 0. The molecule has 1 atom stereocenters. The van der Waals surface area contributed by atoms with Crippen LogP contribution in [0.5, 0.6) is 0 Å². The molecule has 1 aromatic rings. The van der Waals surface area contributed by atoms with Gasteiger partial charge in [0.25, 0.3) is 0 Å². The molecule has 1 aromatic carbocycles. The molecule has 0 bridgehead atoms. The van der Waals surface area contributed by atoms with Crippen molar-refractivity contribution in [2.45, 2.75) is 51.0 Å². The van der Waals surface area contributed by atoms with Gasteiger partial charge in [-0.15, -0.1) is 6.58 Å². The van der Waals surface area contributed by atoms with Crippen molar-refractivity contribution in [3.8, 4) is 0 Å². The second kappa shape index (κ2) is 10.7. The molecular weight excluding hydrogens is 386 g/mol. The maximum Gasteiger partial charge on any atom is 0.0655 e. The minimum atomic E-state index is 0.347. The second-order valence-corrected chi connectivity index (χ2v) is 8.52. The summed E-state index contributed by atoms with van der Waals surface area (Å²) in [6.45, 7) is 13.1. The number of hydrazine groups is 1. The van der Waals surface area contributed by atoms with Gasteiger partial charge >= 0.3 is 0 Å². The number of hydrogen-bond donors (Lipinski definition) is 2. The first kappa shape index (κ1) is 22.5. The molecule has 0 fully saturated rings. The molecule has 0 spiro atoms. The van der Waals surface area contributed by atoms with E-state index in [-0.39, 0.29) is 0 Å². The maximum absolute atomic E-state index is 4.87. The fraction of sp³-hybridized carbons (Fsp3) is 0.385. The van der Waals surface area contributed by atoms with Gasteiger partial charge in [0, 0.05) is 24.8 Å². The van der Waals surface area contributed by atoms with Crippen LogP contribution in [0.2, 0.25) is 0 Å². The van der Waals surface area contributed by atoms with E-state index in [1.54, 1.807) is 5.57 Å². The van der Waals surface area contributed by atoms with E-state index in [9.17, 15) is 0 Å². The molecule has 0 radical (unpaired) electrons. The van der Waals surface area contributed by atoms with Crippen LogP contribution in [-0.2, 0) is 0 Å². The fourth-order valence-electron chi connectivity index (χ4n) is 4.30. The Labute approximate surface area is 188 Å². The first-order chi connectivity index (χ1) is 14.6. The summed E-state index contributed by atoms with van der Waals surface area (Å²) in [6, 6.07) is 6.79. The third-order valence-corrected chi connectivity index (χ3v) is 6.62. The Hall–Kier alpha value is -2.17. The molecule has 3 nitrogen and oxygen atoms in total. The van der Waals surface area contributed by atoms with Gasteiger partial charge < -0.3 is 9.31 Å². The van der Waals surface area contributed by atoms with Gasteiger partial charge in [-0.3, -0.25) is 0 Å². The van der Waals surface area contributed by atoms with Crippen LogP contribution in [0.25, 0.3) is 11.8 Å². The average Bonchev–Trinajstić information content (AvgIpc) is 3.38. The monoisotopic (exact) mass is 421 g/mol. The number of nitrogens with zero attached hydrogens (tertiary/aromatic N) is 2. The predicted molar refractivity (Wildman–Crippen MR) is 135 cm³/mol. The van der Waals surface area contributed by atoms with Crippen molar-refractivity contribution in [2.75, 3.05) is 17.9 Å². The summed E-state index contributed by atoms with van der Waals surface area (Å²) in [7, 11) is 2.02. The van der Waals surface area contributed by atoms with Crippen LogP contribution in [0.4, 0.5) is 5.69 Å². The number of rotatable bonds is 12. The van der Waals surface area contributed by atoms with E-state index in [0.29, 0.717) is 6.04 Å². The Morgan fingerprint density at radius 2 is 2.10 bits per heavy atom. The van der Waals surface area contributed by atoms with E-state index in [4.69, 9.17) is 12.8 Å². The Balaban J connectivity index is 1.63. The number of unbranched alkanes of at least 4 members (excludes halogenated alkanes) is 3. The van der Waals surface area contributed by atoms with Gasteiger partial charge in [0.05, 0.1) is 11.7 Å². The second-order valence-electron chi connectivity index (χ2n) is 8.09. The highest BCUT2D eigenvalue weighted by Gasteiger charge is 2.29. The number of nitrogens with one attached hydrogen (secondary N) is 1. The summed E-state index contributed by atoms with van der Waals surface area (Å²) in [6.07, 6.45) is 16.5. The molecule has 2 aliphatic carbocycles. The van der Waals surface area contributed by atoms with Crippen molar-refractivity contribution < 1.29 is 0 Å². The average molecular weight is 422 g/mol. The quantitative estimate of drug-likeness (QED) is 0.173. The largest absolute Gasteiger partial charge is 0.311 e. The molecule has 0 amide bonds. The van der Waals surface area contributed by atoms with Gasteiger partial charge in [0.1, 0.15) is 0 Å². The molecule has 0 aromatic heterocycles. The maximum atomic E-state index is 4.87. The van der Waals surface area contributed by atoms with E-state index < -0.39 is 0 Å². The SMILES string of the molecule is C=CCCCCCNN(C)C(=C)c1ccc(N(S)C2CCC3=C2C=CC3)cc1C=C. The third kappa shape index (κ3) is 5.11. The molecule has 0 saturated heterocycles. The zero-order chi connectivity index (χ0) is 21.5. The van der Waals surface area contributed by atoms with Crippen LogP contribution in [0.3, 0.4) is 0 Å². The van der Waals surface area contributed by atoms with Gasteiger partial charge in [-0.25, -0.2) is 5.43 Å². The lowest BCUT2D eigenvalue weighted by Crippen LogP contribution is -2.33. The number of hydrogen-bond acceptors (Lipinski definition) is 4. The molecular formula is C26H35N3S. The Morgan fingerprint density at radius 1 is 1.27 bits per heavy atom. The van der Waals surface area contributed by atoms with Gasteiger partial charge in [-0.1, -0.05) is 68.3 Å². The number of allylic oxidation sites excluding steroid dienone is 3. The van der Waals surface area contributed by atoms with Crippen LogP contribution in [-0.4, -0.2) is 24.6 Å². The van der Waals surface area contributed by atoms with E-state index in [1.165, 1.54) is 24.8 Å². The summed E-state index contributed by atoms with van der Waals surface area (Å²) < 4.78 is 2.11. The molecule has 3 rings (SSSR count). The molecule has 0 aliphatic heterocycles. The zero-order valence-electron chi connectivity index (χ0n) is 18.2. The van der Waals surface area contributed by atoms with Gasteiger partial charge in [0.2, 0.25) is 0 Å². The molecule has 30 heavy (non-hydrogen) atoms. The number of anilines is 1. The first-order valence-corrected chi connectivity index (χ1v) is 11.4. The van der Waals surface area contributed by atoms with Crippen molar-refractivity contribution in [2.24, 2.45) is 0 Å². The normalized spacial score (nSPS) is 17.2. The van der Waals surface area contributed by atoms with E-state index in [0.717, 1.165) is 54.7 Å². The van der Waals surface area contributed by atoms with Crippen molar-refractivity contribution in [3.63, 3.8) is 0 Å². The fourth-order valence-corrected chi connectivity index (χ4v) is 4.66. The minimum absolute atomic E-state index is 0.347. The smallest absolute Gasteiger partial charge is 0.0655 e. The Bertz CT molecular complexity index is 852. The number of thiol groups is 1. The van der Waals surface area contributed by atoms with Crippen LogP contribution in [0.1, 0.15) is 56.1 Å². The van der Waals surface area contributed by atoms with Crippen LogP contribution in [0, 0.1) is 0 Å². The Morgan fingerprint density at radius 3 is 2.87 bits per heavy atom. The highest BCUT2D eigenvalue weighted by Crippen LogP contribution is 2.40. The van der Waals surface area contributed by atoms with Crippen molar-refractivity contribution >= 4 is 30.3 Å². The molecule has 1 unspecified atom stereocenters. The lowest BCUT2D eigenvalue weighted by Gasteiger charge is -2.28. The molecule has 4 heteroatoms. The molecule has 160 valence electrons. The van der Waals surface area contributed by atoms with Gasteiger partial charge in [-0.2, -0.15) is 0 Å². The van der Waals surface area contributed by atoms with Crippen LogP contribution < -0.4 is 9.73 Å². The van der Waals surface area contributed by atoms with Crippen molar-refractivity contribution in [3.05, 3.63) is 78.4 Å². The Kier molecular flexibility index (Phi) is 8.06. The molecule has 0 heterocycles.